The number of nitro benzene ring substituents is 1. The number of nitro groups is 1. The van der Waals surface area contributed by atoms with Crippen LogP contribution >= 0.6 is 11.8 Å². The third-order valence-corrected chi connectivity index (χ3v) is 7.91. The molecule has 0 unspecified atom stereocenters. The van der Waals surface area contributed by atoms with Gasteiger partial charge in [-0.2, -0.15) is 0 Å². The van der Waals surface area contributed by atoms with Crippen LogP contribution in [-0.2, 0) is 17.8 Å². The van der Waals surface area contributed by atoms with Crippen molar-refractivity contribution >= 4 is 62.1 Å². The smallest absolute Gasteiger partial charge is 0.269 e. The average molecular weight is 536 g/mol. The number of hydrogen-bond acceptors (Lipinski definition) is 5. The van der Waals surface area contributed by atoms with Gasteiger partial charge in [0, 0.05) is 65.0 Å². The number of non-ortho nitro benzene ring substituents is 1. The Balaban J connectivity index is 1.36. The third-order valence-electron chi connectivity index (χ3n) is 6.90. The summed E-state index contributed by atoms with van der Waals surface area (Å²) in [6.07, 6.45) is 6.66. The summed E-state index contributed by atoms with van der Waals surface area (Å²) >= 11 is 1.33. The van der Waals surface area contributed by atoms with Crippen molar-refractivity contribution in [2.45, 2.75) is 19.9 Å². The second-order valence-electron chi connectivity index (χ2n) is 9.23. The van der Waals surface area contributed by atoms with Gasteiger partial charge < -0.3 is 9.55 Å². The number of nitrogens with one attached hydrogen (secondary N) is 1. The van der Waals surface area contributed by atoms with Gasteiger partial charge in [0.25, 0.3) is 11.6 Å². The highest BCUT2D eigenvalue weighted by molar-refractivity contribution is 8.18. The van der Waals surface area contributed by atoms with E-state index in [0.717, 1.165) is 39.5 Å². The van der Waals surface area contributed by atoms with Crippen molar-refractivity contribution in [1.82, 2.24) is 14.5 Å². The number of carbonyl (C=O) groups is 1. The normalized spacial score (nSPS) is 15.8. The molecule has 1 aliphatic rings. The summed E-state index contributed by atoms with van der Waals surface area (Å²) in [5, 5.41) is 13.9. The van der Waals surface area contributed by atoms with E-state index in [9.17, 15) is 14.9 Å². The van der Waals surface area contributed by atoms with Crippen LogP contribution in [0.3, 0.4) is 0 Å². The molecule has 194 valence electrons. The number of rotatable bonds is 7. The van der Waals surface area contributed by atoms with Gasteiger partial charge in [0.15, 0.2) is 5.17 Å². The zero-order chi connectivity index (χ0) is 26.9. The summed E-state index contributed by atoms with van der Waals surface area (Å²) in [7, 11) is 0. The van der Waals surface area contributed by atoms with Crippen molar-refractivity contribution in [2.75, 3.05) is 6.54 Å². The van der Waals surface area contributed by atoms with Gasteiger partial charge in [0.1, 0.15) is 0 Å². The van der Waals surface area contributed by atoms with Crippen molar-refractivity contribution in [1.29, 1.82) is 0 Å². The van der Waals surface area contributed by atoms with Crippen LogP contribution in [0.2, 0.25) is 0 Å². The van der Waals surface area contributed by atoms with Crippen LogP contribution in [0, 0.1) is 10.1 Å². The molecule has 0 bridgehead atoms. The zero-order valence-electron chi connectivity index (χ0n) is 21.2. The predicted octanol–water partition coefficient (Wildman–Crippen LogP) is 6.90. The lowest BCUT2D eigenvalue weighted by molar-refractivity contribution is -0.384. The van der Waals surface area contributed by atoms with Crippen molar-refractivity contribution in [3.63, 3.8) is 0 Å². The number of aromatic amines is 1. The SMILES string of the molecule is CCn1cc(/C=C2\SC(=Nc3ccc([N+](=O)[O-])cc3)N(CCc3c[nH]c4ccccc34)C2=O)c2ccccc21. The minimum absolute atomic E-state index is 0.00167. The number of hydrogen-bond donors (Lipinski definition) is 1. The number of aryl methyl sites for hydroxylation is 1. The van der Waals surface area contributed by atoms with E-state index in [4.69, 9.17) is 4.99 Å². The van der Waals surface area contributed by atoms with E-state index in [1.54, 1.807) is 17.0 Å². The minimum atomic E-state index is -0.439. The number of benzene rings is 3. The van der Waals surface area contributed by atoms with Crippen molar-refractivity contribution in [3.05, 3.63) is 111 Å². The molecule has 8 nitrogen and oxygen atoms in total. The van der Waals surface area contributed by atoms with Crippen LogP contribution in [0.1, 0.15) is 18.1 Å². The summed E-state index contributed by atoms with van der Waals surface area (Å²) < 4.78 is 2.17. The number of amidine groups is 1. The Labute approximate surface area is 228 Å². The van der Waals surface area contributed by atoms with E-state index >= 15 is 0 Å². The standard InChI is InChI=1S/C30H25N5O3S/c1-2-33-19-21(25-8-4-6-10-27(25)33)17-28-29(36)34(16-15-20-18-31-26-9-5-3-7-24(20)26)30(39-28)32-22-11-13-23(14-12-22)35(37)38/h3-14,17-19,31H,2,15-16H2,1H3/b28-17-,32-30?. The molecule has 0 radical (unpaired) electrons. The van der Waals surface area contributed by atoms with Gasteiger partial charge in [-0.1, -0.05) is 36.4 Å². The number of carbonyl (C=O) groups excluding carboxylic acids is 1. The Kier molecular flexibility index (Phi) is 6.50. The van der Waals surface area contributed by atoms with Crippen molar-refractivity contribution in [3.8, 4) is 0 Å². The fourth-order valence-corrected chi connectivity index (χ4v) is 5.93. The van der Waals surface area contributed by atoms with Crippen LogP contribution in [0.4, 0.5) is 11.4 Å². The maximum atomic E-state index is 13.7. The lowest BCUT2D eigenvalue weighted by Crippen LogP contribution is -2.31. The van der Waals surface area contributed by atoms with Gasteiger partial charge in [-0.25, -0.2) is 4.99 Å². The number of amides is 1. The lowest BCUT2D eigenvalue weighted by atomic mass is 10.1. The molecule has 5 aromatic rings. The molecular formula is C30H25N5O3S. The molecule has 39 heavy (non-hydrogen) atoms. The maximum Gasteiger partial charge on any atom is 0.269 e. The predicted molar refractivity (Wildman–Crippen MR) is 157 cm³/mol. The zero-order valence-corrected chi connectivity index (χ0v) is 22.0. The monoisotopic (exact) mass is 535 g/mol. The first-order valence-corrected chi connectivity index (χ1v) is 13.5. The molecule has 1 fully saturated rings. The Hall–Kier alpha value is -4.63. The fraction of sp³-hybridized carbons (Fsp3) is 0.133. The second kappa shape index (κ2) is 10.3. The van der Waals surface area contributed by atoms with E-state index < -0.39 is 4.92 Å². The molecule has 0 saturated carbocycles. The van der Waals surface area contributed by atoms with Crippen LogP contribution in [0.5, 0.6) is 0 Å². The number of thioether (sulfide) groups is 1. The minimum Gasteiger partial charge on any atom is -0.361 e. The van der Waals surface area contributed by atoms with Gasteiger partial charge in [0.05, 0.1) is 15.5 Å². The van der Waals surface area contributed by atoms with Gasteiger partial charge in [0.2, 0.25) is 0 Å². The first kappa shape index (κ1) is 24.7. The summed E-state index contributed by atoms with van der Waals surface area (Å²) in [5.74, 6) is -0.103. The topological polar surface area (TPSA) is 96.5 Å². The third kappa shape index (κ3) is 4.72. The number of fused-ring (bicyclic) bond motifs is 2. The molecule has 9 heteroatoms. The fourth-order valence-electron chi connectivity index (χ4n) is 4.91. The number of para-hydroxylation sites is 2. The van der Waals surface area contributed by atoms with E-state index in [-0.39, 0.29) is 11.6 Å². The number of aromatic nitrogens is 2. The van der Waals surface area contributed by atoms with Gasteiger partial charge in [-0.05, 0) is 61.0 Å². The molecule has 1 aliphatic heterocycles. The Bertz CT molecular complexity index is 1780. The Morgan fingerprint density at radius 3 is 2.54 bits per heavy atom. The summed E-state index contributed by atoms with van der Waals surface area (Å²) in [5.41, 5.74) is 4.84. The number of H-pyrrole nitrogens is 1. The van der Waals surface area contributed by atoms with Gasteiger partial charge in [-0.3, -0.25) is 19.8 Å². The maximum absolute atomic E-state index is 13.7. The molecule has 0 atom stereocenters. The molecule has 3 heterocycles. The molecule has 3 aromatic carbocycles. The second-order valence-corrected chi connectivity index (χ2v) is 10.2. The van der Waals surface area contributed by atoms with Crippen LogP contribution < -0.4 is 0 Å². The van der Waals surface area contributed by atoms with Gasteiger partial charge >= 0.3 is 0 Å². The van der Waals surface area contributed by atoms with Crippen molar-refractivity contribution in [2.24, 2.45) is 4.99 Å². The van der Waals surface area contributed by atoms with E-state index in [1.165, 1.54) is 23.9 Å². The van der Waals surface area contributed by atoms with Crippen LogP contribution in [-0.4, -0.2) is 37.0 Å². The lowest BCUT2D eigenvalue weighted by Gasteiger charge is -2.15. The van der Waals surface area contributed by atoms with E-state index in [2.05, 4.69) is 40.9 Å². The highest BCUT2D eigenvalue weighted by Gasteiger charge is 2.33. The quantitative estimate of drug-likeness (QED) is 0.139. The molecule has 1 amide bonds. The summed E-state index contributed by atoms with van der Waals surface area (Å²) in [6.45, 7) is 3.38. The summed E-state index contributed by atoms with van der Waals surface area (Å²) in [4.78, 5) is 34.7. The number of aliphatic imine (C=N–C) groups is 1. The molecular weight excluding hydrogens is 510 g/mol. The molecule has 0 aliphatic carbocycles. The van der Waals surface area contributed by atoms with E-state index in [0.29, 0.717) is 28.7 Å². The van der Waals surface area contributed by atoms with Crippen molar-refractivity contribution < 1.29 is 9.72 Å². The Morgan fingerprint density at radius 2 is 1.77 bits per heavy atom. The molecule has 2 aromatic heterocycles. The highest BCUT2D eigenvalue weighted by atomic mass is 32.2. The number of nitrogens with zero attached hydrogens (tertiary/aromatic N) is 4. The van der Waals surface area contributed by atoms with Crippen LogP contribution in [0.25, 0.3) is 27.9 Å². The molecule has 1 N–H and O–H groups in total. The first-order chi connectivity index (χ1) is 19.0. The largest absolute Gasteiger partial charge is 0.361 e. The summed E-state index contributed by atoms with van der Waals surface area (Å²) in [6, 6.07) is 22.3. The van der Waals surface area contributed by atoms with Gasteiger partial charge in [-0.15, -0.1) is 0 Å². The Morgan fingerprint density at radius 1 is 1.03 bits per heavy atom. The average Bonchev–Trinajstić information content (AvgIpc) is 3.62. The molecule has 6 rings (SSSR count). The first-order valence-electron chi connectivity index (χ1n) is 12.7. The van der Waals surface area contributed by atoms with E-state index in [1.807, 2.05) is 42.6 Å². The molecule has 0 spiro atoms. The highest BCUT2D eigenvalue weighted by Crippen LogP contribution is 2.36. The van der Waals surface area contributed by atoms with Crippen LogP contribution in [0.15, 0.2) is 95.1 Å². The molecule has 1 saturated heterocycles.